The molecule has 0 amide bonds. The zero-order chi connectivity index (χ0) is 15.4. The third-order valence-electron chi connectivity index (χ3n) is 3.21. The highest BCUT2D eigenvalue weighted by Crippen LogP contribution is 2.27. The van der Waals surface area contributed by atoms with Gasteiger partial charge in [0.2, 0.25) is 0 Å². The number of hydrogen-bond acceptors (Lipinski definition) is 2. The van der Waals surface area contributed by atoms with E-state index in [2.05, 4.69) is 15.9 Å². The van der Waals surface area contributed by atoms with Crippen LogP contribution in [0.3, 0.4) is 0 Å². The zero-order valence-electron chi connectivity index (χ0n) is 11.6. The van der Waals surface area contributed by atoms with E-state index in [4.69, 9.17) is 33.7 Å². The molecule has 2 N–H and O–H groups in total. The molecule has 1 unspecified atom stereocenters. The molecular weight excluding hydrogens is 373 g/mol. The Morgan fingerprint density at radius 1 is 1.14 bits per heavy atom. The summed E-state index contributed by atoms with van der Waals surface area (Å²) >= 11 is 15.6. The highest BCUT2D eigenvalue weighted by atomic mass is 79.9. The van der Waals surface area contributed by atoms with E-state index in [1.165, 1.54) is 0 Å². The number of methoxy groups -OCH3 is 1. The summed E-state index contributed by atoms with van der Waals surface area (Å²) < 4.78 is 6.15. The maximum atomic E-state index is 6.23. The molecule has 5 heteroatoms. The maximum Gasteiger partial charge on any atom is 0.133 e. The Labute approximate surface area is 143 Å². The van der Waals surface area contributed by atoms with Gasteiger partial charge in [-0.25, -0.2) is 0 Å². The van der Waals surface area contributed by atoms with Crippen molar-refractivity contribution in [2.45, 2.75) is 18.9 Å². The van der Waals surface area contributed by atoms with Gasteiger partial charge in [-0.3, -0.25) is 0 Å². The molecule has 112 valence electrons. The predicted octanol–water partition coefficient (Wildman–Crippen LogP) is 4.88. The maximum absolute atomic E-state index is 6.23. The minimum atomic E-state index is -0.0102. The van der Waals surface area contributed by atoms with Crippen LogP contribution in [0.4, 0.5) is 0 Å². The lowest BCUT2D eigenvalue weighted by atomic mass is 9.99. The number of rotatable bonds is 5. The van der Waals surface area contributed by atoms with E-state index < -0.39 is 0 Å². The molecule has 2 aromatic carbocycles. The van der Waals surface area contributed by atoms with Gasteiger partial charge in [0.15, 0.2) is 0 Å². The van der Waals surface area contributed by atoms with E-state index in [-0.39, 0.29) is 6.04 Å². The molecule has 2 aromatic rings. The van der Waals surface area contributed by atoms with Gasteiger partial charge in [-0.1, -0.05) is 35.3 Å². The number of nitrogens with two attached hydrogens (primary N) is 1. The van der Waals surface area contributed by atoms with Gasteiger partial charge in [0.05, 0.1) is 11.6 Å². The molecule has 0 spiro atoms. The Hall–Kier alpha value is -0.740. The fourth-order valence-corrected chi connectivity index (χ4v) is 3.26. The van der Waals surface area contributed by atoms with Gasteiger partial charge < -0.3 is 10.5 Å². The van der Waals surface area contributed by atoms with Crippen LogP contribution in [0.1, 0.15) is 11.1 Å². The molecule has 0 saturated heterocycles. The first-order valence-electron chi connectivity index (χ1n) is 6.51. The molecule has 21 heavy (non-hydrogen) atoms. The summed E-state index contributed by atoms with van der Waals surface area (Å²) in [6.45, 7) is 0. The van der Waals surface area contributed by atoms with Gasteiger partial charge in [0, 0.05) is 16.1 Å². The fraction of sp³-hybridized carbons (Fsp3) is 0.250. The molecule has 0 aliphatic carbocycles. The van der Waals surface area contributed by atoms with E-state index in [0.717, 1.165) is 27.8 Å². The average molecular weight is 389 g/mol. The number of benzene rings is 2. The molecule has 0 aliphatic heterocycles. The second-order valence-electron chi connectivity index (χ2n) is 4.87. The van der Waals surface area contributed by atoms with Crippen LogP contribution in [0.2, 0.25) is 10.0 Å². The number of ether oxygens (including phenoxy) is 1. The summed E-state index contributed by atoms with van der Waals surface area (Å²) in [5.41, 5.74) is 8.40. The largest absolute Gasteiger partial charge is 0.496 e. The van der Waals surface area contributed by atoms with Gasteiger partial charge in [-0.15, -0.1) is 0 Å². The second-order valence-corrected chi connectivity index (χ2v) is 6.57. The lowest BCUT2D eigenvalue weighted by Gasteiger charge is -2.14. The Kier molecular flexibility index (Phi) is 5.94. The van der Waals surface area contributed by atoms with Crippen molar-refractivity contribution in [2.24, 2.45) is 5.73 Å². The second kappa shape index (κ2) is 7.50. The summed E-state index contributed by atoms with van der Waals surface area (Å²) in [7, 11) is 1.65. The molecule has 1 atom stereocenters. The quantitative estimate of drug-likeness (QED) is 0.792. The van der Waals surface area contributed by atoms with Crippen molar-refractivity contribution < 1.29 is 4.74 Å². The van der Waals surface area contributed by atoms with Crippen molar-refractivity contribution >= 4 is 39.1 Å². The van der Waals surface area contributed by atoms with Crippen LogP contribution in [-0.2, 0) is 12.8 Å². The van der Waals surface area contributed by atoms with Crippen LogP contribution >= 0.6 is 39.1 Å². The Morgan fingerprint density at radius 3 is 2.52 bits per heavy atom. The van der Waals surface area contributed by atoms with Crippen molar-refractivity contribution in [1.82, 2.24) is 0 Å². The van der Waals surface area contributed by atoms with Gasteiger partial charge in [-0.05, 0) is 64.2 Å². The van der Waals surface area contributed by atoms with Crippen LogP contribution in [0.25, 0.3) is 0 Å². The Balaban J connectivity index is 2.04. The summed E-state index contributed by atoms with van der Waals surface area (Å²) in [5.74, 6) is 0.813. The summed E-state index contributed by atoms with van der Waals surface area (Å²) in [6, 6.07) is 11.5. The normalized spacial score (nSPS) is 12.2. The first kappa shape index (κ1) is 16.6. The van der Waals surface area contributed by atoms with Crippen molar-refractivity contribution in [1.29, 1.82) is 0 Å². The minimum Gasteiger partial charge on any atom is -0.496 e. The first-order chi connectivity index (χ1) is 9.99. The van der Waals surface area contributed by atoms with Crippen molar-refractivity contribution in [3.8, 4) is 5.75 Å². The van der Waals surface area contributed by atoms with Crippen LogP contribution < -0.4 is 10.5 Å². The van der Waals surface area contributed by atoms with Crippen LogP contribution in [0.5, 0.6) is 5.75 Å². The monoisotopic (exact) mass is 387 g/mol. The van der Waals surface area contributed by atoms with Crippen molar-refractivity contribution in [3.05, 3.63) is 62.0 Å². The molecule has 0 radical (unpaired) electrons. The van der Waals surface area contributed by atoms with Gasteiger partial charge in [-0.2, -0.15) is 0 Å². The standard InChI is InChI=1S/C16H16BrCl2NO/c1-21-16-5-2-10(7-14(16)17)6-13(20)8-11-3-4-12(18)9-15(11)19/h2-5,7,9,13H,6,8,20H2,1H3. The molecule has 2 rings (SSSR count). The van der Waals surface area contributed by atoms with E-state index in [0.29, 0.717) is 16.5 Å². The van der Waals surface area contributed by atoms with E-state index in [1.807, 2.05) is 30.3 Å². The van der Waals surface area contributed by atoms with E-state index in [1.54, 1.807) is 13.2 Å². The molecule has 0 heterocycles. The van der Waals surface area contributed by atoms with Gasteiger partial charge >= 0.3 is 0 Å². The predicted molar refractivity (Wildman–Crippen MR) is 92.5 cm³/mol. The van der Waals surface area contributed by atoms with Crippen molar-refractivity contribution in [3.63, 3.8) is 0 Å². The third kappa shape index (κ3) is 4.62. The molecule has 0 saturated carbocycles. The molecule has 0 aromatic heterocycles. The topological polar surface area (TPSA) is 35.2 Å². The molecule has 0 aliphatic rings. The molecule has 0 bridgehead atoms. The van der Waals surface area contributed by atoms with Crippen LogP contribution in [0.15, 0.2) is 40.9 Å². The highest BCUT2D eigenvalue weighted by molar-refractivity contribution is 9.10. The van der Waals surface area contributed by atoms with Gasteiger partial charge in [0.25, 0.3) is 0 Å². The molecule has 0 fully saturated rings. The van der Waals surface area contributed by atoms with Crippen LogP contribution in [0, 0.1) is 0 Å². The lowest BCUT2D eigenvalue weighted by Crippen LogP contribution is -2.25. The van der Waals surface area contributed by atoms with Crippen LogP contribution in [-0.4, -0.2) is 13.2 Å². The average Bonchev–Trinajstić information content (AvgIpc) is 2.42. The number of halogens is 3. The summed E-state index contributed by atoms with van der Waals surface area (Å²) in [5, 5.41) is 1.30. The van der Waals surface area contributed by atoms with E-state index in [9.17, 15) is 0 Å². The zero-order valence-corrected chi connectivity index (χ0v) is 14.7. The summed E-state index contributed by atoms with van der Waals surface area (Å²) in [6.07, 6.45) is 1.47. The molecular formula is C16H16BrCl2NO. The summed E-state index contributed by atoms with van der Waals surface area (Å²) in [4.78, 5) is 0. The van der Waals surface area contributed by atoms with Gasteiger partial charge in [0.1, 0.15) is 5.75 Å². The first-order valence-corrected chi connectivity index (χ1v) is 8.06. The Bertz CT molecular complexity index is 634. The SMILES string of the molecule is COc1ccc(CC(N)Cc2ccc(Cl)cc2Cl)cc1Br. The van der Waals surface area contributed by atoms with Crippen molar-refractivity contribution in [2.75, 3.05) is 7.11 Å². The lowest BCUT2D eigenvalue weighted by molar-refractivity contribution is 0.412. The molecule has 2 nitrogen and oxygen atoms in total. The minimum absolute atomic E-state index is 0.0102. The smallest absolute Gasteiger partial charge is 0.133 e. The fourth-order valence-electron chi connectivity index (χ4n) is 2.18. The number of hydrogen-bond donors (Lipinski definition) is 1. The highest BCUT2D eigenvalue weighted by Gasteiger charge is 2.10. The third-order valence-corrected chi connectivity index (χ3v) is 4.42. The Morgan fingerprint density at radius 2 is 1.90 bits per heavy atom. The van der Waals surface area contributed by atoms with E-state index >= 15 is 0 Å².